The SMILES string of the molecule is CC[C@H](C)[C@H]1N=C2c3ccccc3N=C(S[C@H](C)C(=O)NCc3ccc(F)cc3)N2C1=O. The van der Waals surface area contributed by atoms with Gasteiger partial charge in [0.15, 0.2) is 5.17 Å². The van der Waals surface area contributed by atoms with Gasteiger partial charge in [-0.25, -0.2) is 14.3 Å². The number of amides is 2. The zero-order valence-electron chi connectivity index (χ0n) is 18.2. The number of amidine groups is 2. The van der Waals surface area contributed by atoms with Crippen LogP contribution in [0.3, 0.4) is 0 Å². The molecule has 4 rings (SSSR count). The number of nitrogens with zero attached hydrogens (tertiary/aromatic N) is 3. The molecular weight excluding hydrogens is 427 g/mol. The average Bonchev–Trinajstić information content (AvgIpc) is 3.15. The first kappa shape index (κ1) is 22.2. The Morgan fingerprint density at radius 2 is 1.91 bits per heavy atom. The molecule has 0 saturated carbocycles. The molecule has 2 aliphatic heterocycles. The summed E-state index contributed by atoms with van der Waals surface area (Å²) in [5.41, 5.74) is 2.37. The summed E-state index contributed by atoms with van der Waals surface area (Å²) < 4.78 is 13.1. The van der Waals surface area contributed by atoms with Crippen LogP contribution in [0.5, 0.6) is 0 Å². The fourth-order valence-electron chi connectivity index (χ4n) is 3.59. The molecule has 32 heavy (non-hydrogen) atoms. The average molecular weight is 453 g/mol. The van der Waals surface area contributed by atoms with Crippen LogP contribution in [-0.2, 0) is 16.1 Å². The van der Waals surface area contributed by atoms with E-state index in [9.17, 15) is 14.0 Å². The molecule has 0 saturated heterocycles. The number of thioether (sulfide) groups is 1. The highest BCUT2D eigenvalue weighted by atomic mass is 32.2. The molecule has 1 N–H and O–H groups in total. The van der Waals surface area contributed by atoms with Gasteiger partial charge in [-0.15, -0.1) is 0 Å². The summed E-state index contributed by atoms with van der Waals surface area (Å²) in [6.07, 6.45) is 0.838. The lowest BCUT2D eigenvalue weighted by molar-refractivity contribution is -0.125. The molecule has 0 bridgehead atoms. The smallest absolute Gasteiger partial charge is 0.259 e. The van der Waals surface area contributed by atoms with Crippen LogP contribution in [0.1, 0.15) is 38.3 Å². The first-order valence-electron chi connectivity index (χ1n) is 10.7. The Balaban J connectivity index is 1.53. The Labute approximate surface area is 191 Å². The molecule has 166 valence electrons. The van der Waals surface area contributed by atoms with Crippen LogP contribution in [0.4, 0.5) is 10.1 Å². The number of carbonyl (C=O) groups is 2. The van der Waals surface area contributed by atoms with Crippen molar-refractivity contribution >= 4 is 40.3 Å². The van der Waals surface area contributed by atoms with Crippen molar-refractivity contribution in [3.63, 3.8) is 0 Å². The van der Waals surface area contributed by atoms with Crippen LogP contribution in [0.15, 0.2) is 58.5 Å². The van der Waals surface area contributed by atoms with Gasteiger partial charge in [0.2, 0.25) is 5.91 Å². The third-order valence-corrected chi connectivity index (χ3v) is 6.77. The number of hydrogen-bond acceptors (Lipinski definition) is 5. The van der Waals surface area contributed by atoms with Gasteiger partial charge in [0, 0.05) is 12.1 Å². The van der Waals surface area contributed by atoms with Crippen molar-refractivity contribution in [1.82, 2.24) is 10.2 Å². The molecule has 6 nitrogen and oxygen atoms in total. The number of hydrogen-bond donors (Lipinski definition) is 1. The minimum atomic E-state index is -0.490. The highest BCUT2D eigenvalue weighted by molar-refractivity contribution is 8.15. The first-order valence-corrected chi connectivity index (χ1v) is 11.6. The summed E-state index contributed by atoms with van der Waals surface area (Å²) >= 11 is 1.23. The van der Waals surface area contributed by atoms with Gasteiger partial charge in [-0.1, -0.05) is 56.3 Å². The quantitative estimate of drug-likeness (QED) is 0.711. The maximum Gasteiger partial charge on any atom is 0.259 e. The third kappa shape index (κ3) is 4.32. The highest BCUT2D eigenvalue weighted by Gasteiger charge is 2.43. The van der Waals surface area contributed by atoms with Gasteiger partial charge in [0.25, 0.3) is 5.91 Å². The molecule has 2 aromatic carbocycles. The Bertz CT molecular complexity index is 1100. The van der Waals surface area contributed by atoms with Crippen LogP contribution >= 0.6 is 11.8 Å². The van der Waals surface area contributed by atoms with Crippen LogP contribution in [0.25, 0.3) is 0 Å². The zero-order valence-corrected chi connectivity index (χ0v) is 19.0. The number of carbonyl (C=O) groups excluding carboxylic acids is 2. The Kier molecular flexibility index (Phi) is 6.41. The van der Waals surface area contributed by atoms with Crippen molar-refractivity contribution in [3.05, 3.63) is 65.5 Å². The van der Waals surface area contributed by atoms with E-state index in [-0.39, 0.29) is 23.5 Å². The summed E-state index contributed by atoms with van der Waals surface area (Å²) in [5, 5.41) is 2.83. The highest BCUT2D eigenvalue weighted by Crippen LogP contribution is 2.36. The number of halogens is 1. The largest absolute Gasteiger partial charge is 0.351 e. The molecule has 0 radical (unpaired) electrons. The van der Waals surface area contributed by atoms with Crippen molar-refractivity contribution < 1.29 is 14.0 Å². The molecule has 2 aromatic rings. The minimum absolute atomic E-state index is 0.103. The minimum Gasteiger partial charge on any atom is -0.351 e. The van der Waals surface area contributed by atoms with Crippen LogP contribution in [0, 0.1) is 11.7 Å². The molecule has 2 aliphatic rings. The van der Waals surface area contributed by atoms with E-state index in [0.29, 0.717) is 17.5 Å². The normalized spacial score (nSPS) is 18.9. The molecule has 0 fully saturated rings. The van der Waals surface area contributed by atoms with Crippen molar-refractivity contribution in [2.24, 2.45) is 15.9 Å². The lowest BCUT2D eigenvalue weighted by Gasteiger charge is -2.27. The van der Waals surface area contributed by atoms with Crippen LogP contribution in [-0.4, -0.2) is 39.0 Å². The second kappa shape index (κ2) is 9.24. The van der Waals surface area contributed by atoms with Gasteiger partial charge < -0.3 is 5.32 Å². The first-order chi connectivity index (χ1) is 15.4. The van der Waals surface area contributed by atoms with Gasteiger partial charge in [-0.05, 0) is 42.7 Å². The molecule has 3 atom stereocenters. The van der Waals surface area contributed by atoms with Crippen molar-refractivity contribution in [1.29, 1.82) is 0 Å². The number of nitrogens with one attached hydrogen (secondary N) is 1. The summed E-state index contributed by atoms with van der Waals surface area (Å²) in [6, 6.07) is 13.1. The Hall–Kier alpha value is -3.00. The number of fused-ring (bicyclic) bond motifs is 3. The van der Waals surface area contributed by atoms with Crippen molar-refractivity contribution in [2.75, 3.05) is 0 Å². The Morgan fingerprint density at radius 1 is 1.19 bits per heavy atom. The van der Waals surface area contributed by atoms with E-state index in [0.717, 1.165) is 23.2 Å². The number of rotatable bonds is 6. The molecule has 0 unspecified atom stereocenters. The number of aliphatic imine (C=N–C) groups is 2. The molecular formula is C24H25FN4O2S. The van der Waals surface area contributed by atoms with Crippen LogP contribution < -0.4 is 5.32 Å². The van der Waals surface area contributed by atoms with Gasteiger partial charge in [0.1, 0.15) is 17.7 Å². The van der Waals surface area contributed by atoms with Gasteiger partial charge >= 0.3 is 0 Å². The summed E-state index contributed by atoms with van der Waals surface area (Å²) in [7, 11) is 0. The summed E-state index contributed by atoms with van der Waals surface area (Å²) in [4.78, 5) is 36.9. The van der Waals surface area contributed by atoms with E-state index in [1.807, 2.05) is 38.1 Å². The van der Waals surface area contributed by atoms with Crippen molar-refractivity contribution in [3.8, 4) is 0 Å². The second-order valence-electron chi connectivity index (χ2n) is 7.97. The fourth-order valence-corrected chi connectivity index (χ4v) is 4.53. The zero-order chi connectivity index (χ0) is 22.8. The van der Waals surface area contributed by atoms with Crippen molar-refractivity contribution in [2.45, 2.75) is 45.0 Å². The monoisotopic (exact) mass is 452 g/mol. The predicted molar refractivity (Wildman–Crippen MR) is 125 cm³/mol. The Morgan fingerprint density at radius 3 is 2.62 bits per heavy atom. The van der Waals surface area contributed by atoms with E-state index in [4.69, 9.17) is 9.98 Å². The van der Waals surface area contributed by atoms with E-state index in [1.165, 1.54) is 23.9 Å². The summed E-state index contributed by atoms with van der Waals surface area (Å²) in [5.74, 6) is 0.101. The van der Waals surface area contributed by atoms with E-state index in [2.05, 4.69) is 5.32 Å². The fraction of sp³-hybridized carbons (Fsp3) is 0.333. The van der Waals surface area contributed by atoms with Gasteiger partial charge in [-0.3, -0.25) is 14.6 Å². The molecule has 8 heteroatoms. The molecule has 0 aliphatic carbocycles. The second-order valence-corrected chi connectivity index (χ2v) is 9.28. The lowest BCUT2D eigenvalue weighted by Crippen LogP contribution is -2.43. The molecule has 2 heterocycles. The number of benzene rings is 2. The van der Waals surface area contributed by atoms with E-state index < -0.39 is 11.3 Å². The van der Waals surface area contributed by atoms with E-state index >= 15 is 0 Å². The van der Waals surface area contributed by atoms with Crippen LogP contribution in [0.2, 0.25) is 0 Å². The summed E-state index contributed by atoms with van der Waals surface area (Å²) in [6.45, 7) is 6.13. The maximum absolute atomic E-state index is 13.2. The van der Waals surface area contributed by atoms with E-state index in [1.54, 1.807) is 24.0 Å². The van der Waals surface area contributed by atoms with Gasteiger partial charge in [-0.2, -0.15) is 0 Å². The third-order valence-electron chi connectivity index (χ3n) is 5.71. The molecule has 0 spiro atoms. The lowest BCUT2D eigenvalue weighted by atomic mass is 10.00. The maximum atomic E-state index is 13.2. The topological polar surface area (TPSA) is 74.1 Å². The predicted octanol–water partition coefficient (Wildman–Crippen LogP) is 4.27. The number of para-hydroxylation sites is 1. The standard InChI is InChI=1S/C24H25FN4O2S/c1-4-14(2)20-23(31)29-21(28-20)18-7-5-6-8-19(18)27-24(29)32-15(3)22(30)26-13-16-9-11-17(25)12-10-16/h5-12,14-15,20H,4,13H2,1-3H3,(H,26,30)/t14-,15+,20+/m0/s1. The molecule has 2 amide bonds. The molecule has 0 aromatic heterocycles. The van der Waals surface area contributed by atoms with Gasteiger partial charge in [0.05, 0.1) is 10.9 Å².